The van der Waals surface area contributed by atoms with E-state index in [1.54, 1.807) is 11.0 Å². The third kappa shape index (κ3) is 5.35. The number of ether oxygens (including phenoxy) is 1. The number of ketones is 1. The minimum atomic E-state index is -4.40. The molecule has 156 valence electrons. The smallest absolute Gasteiger partial charge is 0.371 e. The topological polar surface area (TPSA) is 46.6 Å². The molecule has 0 radical (unpaired) electrons. The first-order valence-electron chi connectivity index (χ1n) is 9.68. The van der Waals surface area contributed by atoms with Crippen LogP contribution in [0.1, 0.15) is 43.2 Å². The van der Waals surface area contributed by atoms with Gasteiger partial charge < -0.3 is 9.64 Å². The maximum Gasteiger partial charge on any atom is 0.416 e. The van der Waals surface area contributed by atoms with E-state index >= 15 is 0 Å². The standard InChI is InChI=1S/C22H24F3NO3/c1-2-18(27)12-15-8-9-20(19(13-15)26-10-4-7-21(26)28)29-14-16-5-3-6-17(11-16)22(23,24)25/h2-3,5-6,8,11,19-20H,1,4,7,9-10,12-14H2. The Morgan fingerprint density at radius 3 is 2.79 bits per heavy atom. The number of carbonyl (C=O) groups excluding carboxylic acids is 2. The minimum Gasteiger partial charge on any atom is -0.371 e. The molecule has 0 aromatic heterocycles. The van der Waals surface area contributed by atoms with Crippen LogP contribution in [0.15, 0.2) is 48.6 Å². The summed E-state index contributed by atoms with van der Waals surface area (Å²) < 4.78 is 44.7. The van der Waals surface area contributed by atoms with Crippen molar-refractivity contribution in [1.29, 1.82) is 0 Å². The predicted molar refractivity (Wildman–Crippen MR) is 102 cm³/mol. The highest BCUT2D eigenvalue weighted by Crippen LogP contribution is 2.32. The van der Waals surface area contributed by atoms with Crippen molar-refractivity contribution < 1.29 is 27.5 Å². The summed E-state index contributed by atoms with van der Waals surface area (Å²) in [5, 5.41) is 0. The third-order valence-electron chi connectivity index (χ3n) is 5.40. The molecular weight excluding hydrogens is 383 g/mol. The summed E-state index contributed by atoms with van der Waals surface area (Å²) in [6, 6.07) is 4.86. The number of hydrogen-bond donors (Lipinski definition) is 0. The van der Waals surface area contributed by atoms with Crippen molar-refractivity contribution in [3.05, 3.63) is 59.7 Å². The number of benzene rings is 1. The van der Waals surface area contributed by atoms with Crippen molar-refractivity contribution in [3.63, 3.8) is 0 Å². The zero-order valence-electron chi connectivity index (χ0n) is 16.1. The maximum absolute atomic E-state index is 12.9. The van der Waals surface area contributed by atoms with Crippen LogP contribution in [-0.2, 0) is 27.1 Å². The van der Waals surface area contributed by atoms with Crippen LogP contribution in [0.5, 0.6) is 0 Å². The second-order valence-electron chi connectivity index (χ2n) is 7.46. The Morgan fingerprint density at radius 1 is 1.34 bits per heavy atom. The highest BCUT2D eigenvalue weighted by Gasteiger charge is 2.36. The summed E-state index contributed by atoms with van der Waals surface area (Å²) in [5.74, 6) is -0.0231. The Bertz CT molecular complexity index is 816. The lowest BCUT2D eigenvalue weighted by Gasteiger charge is -2.37. The van der Waals surface area contributed by atoms with Gasteiger partial charge in [0.15, 0.2) is 5.78 Å². The number of rotatable bonds is 7. The van der Waals surface area contributed by atoms with E-state index in [9.17, 15) is 22.8 Å². The molecule has 3 rings (SSSR count). The number of hydrogen-bond acceptors (Lipinski definition) is 3. The molecule has 1 heterocycles. The fourth-order valence-corrected chi connectivity index (χ4v) is 3.91. The zero-order valence-corrected chi connectivity index (χ0v) is 16.1. The van der Waals surface area contributed by atoms with Crippen molar-refractivity contribution in [2.24, 2.45) is 0 Å². The van der Waals surface area contributed by atoms with Crippen LogP contribution in [0.2, 0.25) is 0 Å². The molecule has 0 bridgehead atoms. The summed E-state index contributed by atoms with van der Waals surface area (Å²) in [7, 11) is 0. The summed E-state index contributed by atoms with van der Waals surface area (Å²) in [5.41, 5.74) is 0.667. The Hall–Kier alpha value is -2.41. The van der Waals surface area contributed by atoms with Crippen LogP contribution in [-0.4, -0.2) is 35.3 Å². The molecule has 1 aliphatic heterocycles. The Balaban J connectivity index is 1.73. The number of allylic oxidation sites excluding steroid dienone is 1. The summed E-state index contributed by atoms with van der Waals surface area (Å²) in [6.07, 6.45) is 1.06. The molecular formula is C22H24F3NO3. The molecule has 0 spiro atoms. The number of halogens is 3. The van der Waals surface area contributed by atoms with Crippen LogP contribution in [0, 0.1) is 0 Å². The molecule has 29 heavy (non-hydrogen) atoms. The van der Waals surface area contributed by atoms with E-state index in [0.717, 1.165) is 24.1 Å². The van der Waals surface area contributed by atoms with Gasteiger partial charge in [-0.1, -0.05) is 30.4 Å². The number of carbonyl (C=O) groups is 2. The van der Waals surface area contributed by atoms with Crippen molar-refractivity contribution in [2.75, 3.05) is 6.54 Å². The summed E-state index contributed by atoms with van der Waals surface area (Å²) in [6.45, 7) is 4.16. The van der Waals surface area contributed by atoms with Crippen LogP contribution in [0.3, 0.4) is 0 Å². The fourth-order valence-electron chi connectivity index (χ4n) is 3.91. The van der Waals surface area contributed by atoms with Gasteiger partial charge in [0, 0.05) is 19.4 Å². The molecule has 1 aromatic rings. The van der Waals surface area contributed by atoms with Gasteiger partial charge in [0.2, 0.25) is 5.91 Å². The Morgan fingerprint density at radius 2 is 2.14 bits per heavy atom. The summed E-state index contributed by atoms with van der Waals surface area (Å²) >= 11 is 0. The van der Waals surface area contributed by atoms with Crippen LogP contribution < -0.4 is 0 Å². The molecule has 0 saturated carbocycles. The van der Waals surface area contributed by atoms with Crippen molar-refractivity contribution in [1.82, 2.24) is 4.90 Å². The van der Waals surface area contributed by atoms with Crippen molar-refractivity contribution in [2.45, 2.75) is 57.0 Å². The van der Waals surface area contributed by atoms with E-state index in [1.807, 2.05) is 6.08 Å². The van der Waals surface area contributed by atoms with Crippen LogP contribution >= 0.6 is 0 Å². The highest BCUT2D eigenvalue weighted by atomic mass is 19.4. The first-order valence-corrected chi connectivity index (χ1v) is 9.68. The molecule has 4 nitrogen and oxygen atoms in total. The second-order valence-corrected chi connectivity index (χ2v) is 7.46. The van der Waals surface area contributed by atoms with Gasteiger partial charge in [-0.3, -0.25) is 9.59 Å². The molecule has 1 amide bonds. The molecule has 1 aliphatic carbocycles. The molecule has 7 heteroatoms. The average molecular weight is 407 g/mol. The summed E-state index contributed by atoms with van der Waals surface area (Å²) in [4.78, 5) is 25.8. The minimum absolute atomic E-state index is 0.0296. The van der Waals surface area contributed by atoms with Gasteiger partial charge in [-0.2, -0.15) is 13.2 Å². The monoisotopic (exact) mass is 407 g/mol. The van der Waals surface area contributed by atoms with E-state index in [4.69, 9.17) is 4.74 Å². The molecule has 1 fully saturated rings. The van der Waals surface area contributed by atoms with Crippen molar-refractivity contribution >= 4 is 11.7 Å². The van der Waals surface area contributed by atoms with Gasteiger partial charge in [-0.15, -0.1) is 0 Å². The Labute approximate surface area is 168 Å². The fraction of sp³-hybridized carbons (Fsp3) is 0.455. The number of nitrogens with zero attached hydrogens (tertiary/aromatic N) is 1. The van der Waals surface area contributed by atoms with E-state index in [-0.39, 0.29) is 36.9 Å². The highest BCUT2D eigenvalue weighted by molar-refractivity contribution is 5.90. The third-order valence-corrected chi connectivity index (χ3v) is 5.40. The zero-order chi connectivity index (χ0) is 21.0. The van der Waals surface area contributed by atoms with E-state index < -0.39 is 11.7 Å². The van der Waals surface area contributed by atoms with Gasteiger partial charge in [-0.05, 0) is 43.0 Å². The number of likely N-dealkylation sites (tertiary alicyclic amines) is 1. The van der Waals surface area contributed by atoms with Crippen LogP contribution in [0.4, 0.5) is 13.2 Å². The Kier molecular flexibility index (Phi) is 6.57. The lowest BCUT2D eigenvalue weighted by Crippen LogP contribution is -2.47. The second kappa shape index (κ2) is 8.95. The molecule has 2 aliphatic rings. The molecule has 2 unspecified atom stereocenters. The van der Waals surface area contributed by atoms with Gasteiger partial charge in [0.25, 0.3) is 0 Å². The van der Waals surface area contributed by atoms with Crippen LogP contribution in [0.25, 0.3) is 0 Å². The molecule has 1 aromatic carbocycles. The number of alkyl halides is 3. The van der Waals surface area contributed by atoms with E-state index in [1.165, 1.54) is 12.1 Å². The maximum atomic E-state index is 12.9. The number of amides is 1. The largest absolute Gasteiger partial charge is 0.416 e. The molecule has 0 N–H and O–H groups in total. The van der Waals surface area contributed by atoms with Gasteiger partial charge in [-0.25, -0.2) is 0 Å². The lowest BCUT2D eigenvalue weighted by molar-refractivity contribution is -0.138. The lowest BCUT2D eigenvalue weighted by atomic mass is 9.88. The predicted octanol–water partition coefficient (Wildman–Crippen LogP) is 4.45. The molecule has 1 saturated heterocycles. The van der Waals surface area contributed by atoms with Gasteiger partial charge >= 0.3 is 6.18 Å². The van der Waals surface area contributed by atoms with Gasteiger partial charge in [0.05, 0.1) is 24.3 Å². The van der Waals surface area contributed by atoms with Crippen molar-refractivity contribution in [3.8, 4) is 0 Å². The van der Waals surface area contributed by atoms with E-state index in [0.29, 0.717) is 31.4 Å². The molecule has 2 atom stereocenters. The first-order chi connectivity index (χ1) is 13.8. The average Bonchev–Trinajstić information content (AvgIpc) is 3.12. The van der Waals surface area contributed by atoms with E-state index in [2.05, 4.69) is 6.58 Å². The SMILES string of the molecule is C=CC(=O)CC1=CCC(OCc2cccc(C(F)(F)F)c2)C(N2CCCC2=O)C1. The quantitative estimate of drug-likeness (QED) is 0.496. The van der Waals surface area contributed by atoms with Gasteiger partial charge in [0.1, 0.15) is 0 Å². The normalized spacial score (nSPS) is 22.5. The first kappa shape index (κ1) is 21.3.